The Kier molecular flexibility index (Phi) is 6.69. The van der Waals surface area contributed by atoms with Crippen molar-refractivity contribution >= 4 is 15.9 Å². The smallest absolute Gasteiger partial charge is 0.257 e. The first kappa shape index (κ1) is 20.7. The normalized spacial score (nSPS) is 17.4. The zero-order chi connectivity index (χ0) is 19.5. The Morgan fingerprint density at radius 2 is 1.85 bits per heavy atom. The number of rotatable bonds is 6. The number of amides is 1. The molecule has 7 heteroatoms. The highest BCUT2D eigenvalue weighted by atomic mass is 32.2. The molecule has 1 aliphatic heterocycles. The molecule has 1 atom stereocenters. The van der Waals surface area contributed by atoms with E-state index in [1.807, 2.05) is 20.8 Å². The molecule has 1 aromatic carbocycles. The Labute approximate surface area is 157 Å². The fraction of sp³-hybridized carbons (Fsp3) is 0.632. The number of piperidine rings is 1. The van der Waals surface area contributed by atoms with E-state index in [0.29, 0.717) is 30.3 Å². The molecular weight excluding hydrogens is 352 g/mol. The fourth-order valence-corrected chi connectivity index (χ4v) is 4.27. The molecule has 0 aromatic heterocycles. The number of carbonyl (C=O) groups is 1. The average Bonchev–Trinajstić information content (AvgIpc) is 2.60. The van der Waals surface area contributed by atoms with Crippen LogP contribution in [0, 0.1) is 11.8 Å². The second-order valence-corrected chi connectivity index (χ2v) is 9.20. The number of ether oxygens (including phenoxy) is 1. The Balaban J connectivity index is 2.32. The van der Waals surface area contributed by atoms with Crippen LogP contribution in [0.3, 0.4) is 0 Å². The minimum Gasteiger partial charge on any atom is -0.496 e. The van der Waals surface area contributed by atoms with E-state index in [1.165, 1.54) is 19.2 Å². The number of benzene rings is 1. The second-order valence-electron chi connectivity index (χ2n) is 7.49. The summed E-state index contributed by atoms with van der Waals surface area (Å²) in [7, 11) is -2.22. The summed E-state index contributed by atoms with van der Waals surface area (Å²) in [6.45, 7) is 9.27. The van der Waals surface area contributed by atoms with Crippen molar-refractivity contribution in [1.29, 1.82) is 0 Å². The molecule has 1 amide bonds. The molecule has 0 spiro atoms. The molecule has 1 aliphatic rings. The van der Waals surface area contributed by atoms with Crippen molar-refractivity contribution in [1.82, 2.24) is 9.62 Å². The summed E-state index contributed by atoms with van der Waals surface area (Å²) in [5.41, 5.74) is 0.294. The average molecular weight is 383 g/mol. The quantitative estimate of drug-likeness (QED) is 0.821. The SMILES string of the molecule is COc1ccc(S(=O)(=O)N[C@@H](C)C(C)C)cc1C(=O)N1CCC(C)CC1. The molecule has 1 saturated heterocycles. The van der Waals surface area contributed by atoms with E-state index in [1.54, 1.807) is 11.0 Å². The highest BCUT2D eigenvalue weighted by Crippen LogP contribution is 2.26. The van der Waals surface area contributed by atoms with Crippen molar-refractivity contribution in [3.05, 3.63) is 23.8 Å². The number of hydrogen-bond donors (Lipinski definition) is 1. The first-order chi connectivity index (χ1) is 12.2. The summed E-state index contributed by atoms with van der Waals surface area (Å²) < 4.78 is 33.3. The van der Waals surface area contributed by atoms with E-state index in [2.05, 4.69) is 11.6 Å². The first-order valence-electron chi connectivity index (χ1n) is 9.15. The molecule has 1 heterocycles. The Morgan fingerprint density at radius 3 is 2.38 bits per heavy atom. The van der Waals surface area contributed by atoms with Gasteiger partial charge in [0.2, 0.25) is 10.0 Å². The number of nitrogens with zero attached hydrogens (tertiary/aromatic N) is 1. The lowest BCUT2D eigenvalue weighted by Crippen LogP contribution is -2.38. The van der Waals surface area contributed by atoms with Gasteiger partial charge in [0.25, 0.3) is 5.91 Å². The summed E-state index contributed by atoms with van der Waals surface area (Å²) in [5.74, 6) is 0.987. The number of hydrogen-bond acceptors (Lipinski definition) is 4. The van der Waals surface area contributed by atoms with Crippen LogP contribution in [-0.2, 0) is 10.0 Å². The van der Waals surface area contributed by atoms with Gasteiger partial charge in [-0.1, -0.05) is 20.8 Å². The summed E-state index contributed by atoms with van der Waals surface area (Å²) in [6.07, 6.45) is 1.92. The zero-order valence-corrected chi connectivity index (χ0v) is 17.1. The van der Waals surface area contributed by atoms with Crippen LogP contribution in [0.2, 0.25) is 0 Å². The molecule has 1 fully saturated rings. The van der Waals surface area contributed by atoms with Crippen LogP contribution in [-0.4, -0.2) is 45.5 Å². The van der Waals surface area contributed by atoms with Crippen molar-refractivity contribution in [3.8, 4) is 5.75 Å². The van der Waals surface area contributed by atoms with Crippen molar-refractivity contribution in [2.75, 3.05) is 20.2 Å². The molecule has 0 aliphatic carbocycles. The van der Waals surface area contributed by atoms with Gasteiger partial charge in [0.15, 0.2) is 0 Å². The van der Waals surface area contributed by atoms with Gasteiger partial charge in [-0.2, -0.15) is 0 Å². The number of sulfonamides is 1. The second kappa shape index (κ2) is 8.39. The predicted octanol–water partition coefficient (Wildman–Crippen LogP) is 2.89. The third kappa shape index (κ3) is 4.76. The lowest BCUT2D eigenvalue weighted by molar-refractivity contribution is 0.0693. The number of carbonyl (C=O) groups excluding carboxylic acids is 1. The van der Waals surface area contributed by atoms with Crippen molar-refractivity contribution in [2.45, 2.75) is 51.5 Å². The van der Waals surface area contributed by atoms with E-state index in [-0.39, 0.29) is 22.8 Å². The van der Waals surface area contributed by atoms with Crippen molar-refractivity contribution in [2.24, 2.45) is 11.8 Å². The molecular formula is C19H30N2O4S. The zero-order valence-electron chi connectivity index (χ0n) is 16.3. The minimum atomic E-state index is -3.70. The van der Waals surface area contributed by atoms with Gasteiger partial charge < -0.3 is 9.64 Å². The lowest BCUT2D eigenvalue weighted by atomic mass is 9.98. The maximum absolute atomic E-state index is 12.9. The predicted molar refractivity (Wildman–Crippen MR) is 102 cm³/mol. The summed E-state index contributed by atoms with van der Waals surface area (Å²) in [5, 5.41) is 0. The van der Waals surface area contributed by atoms with Crippen LogP contribution in [0.4, 0.5) is 0 Å². The molecule has 2 rings (SSSR count). The van der Waals surface area contributed by atoms with Crippen LogP contribution in [0.1, 0.15) is 50.9 Å². The van der Waals surface area contributed by atoms with Gasteiger partial charge in [-0.3, -0.25) is 4.79 Å². The van der Waals surface area contributed by atoms with E-state index >= 15 is 0 Å². The molecule has 0 saturated carbocycles. The van der Waals surface area contributed by atoms with E-state index in [9.17, 15) is 13.2 Å². The van der Waals surface area contributed by atoms with Gasteiger partial charge in [-0.25, -0.2) is 13.1 Å². The summed E-state index contributed by atoms with van der Waals surface area (Å²) >= 11 is 0. The maximum atomic E-state index is 12.9. The van der Waals surface area contributed by atoms with E-state index in [4.69, 9.17) is 4.74 Å². The van der Waals surface area contributed by atoms with Gasteiger partial charge in [0, 0.05) is 19.1 Å². The van der Waals surface area contributed by atoms with Crippen LogP contribution in [0.25, 0.3) is 0 Å². The van der Waals surface area contributed by atoms with E-state index < -0.39 is 10.0 Å². The van der Waals surface area contributed by atoms with Crippen LogP contribution in [0.15, 0.2) is 23.1 Å². The van der Waals surface area contributed by atoms with Crippen LogP contribution >= 0.6 is 0 Å². The third-order valence-electron chi connectivity index (χ3n) is 5.12. The minimum absolute atomic E-state index is 0.0829. The highest BCUT2D eigenvalue weighted by molar-refractivity contribution is 7.89. The highest BCUT2D eigenvalue weighted by Gasteiger charge is 2.26. The van der Waals surface area contributed by atoms with Gasteiger partial charge in [0.1, 0.15) is 5.75 Å². The maximum Gasteiger partial charge on any atom is 0.257 e. The van der Waals surface area contributed by atoms with Gasteiger partial charge in [-0.15, -0.1) is 0 Å². The molecule has 6 nitrogen and oxygen atoms in total. The number of likely N-dealkylation sites (tertiary alicyclic amines) is 1. The topological polar surface area (TPSA) is 75.7 Å². The molecule has 26 heavy (non-hydrogen) atoms. The molecule has 0 radical (unpaired) electrons. The Morgan fingerprint density at radius 1 is 1.23 bits per heavy atom. The van der Waals surface area contributed by atoms with Gasteiger partial charge >= 0.3 is 0 Å². The van der Waals surface area contributed by atoms with E-state index in [0.717, 1.165) is 12.8 Å². The fourth-order valence-electron chi connectivity index (χ4n) is 2.85. The largest absolute Gasteiger partial charge is 0.496 e. The standard InChI is InChI=1S/C19H30N2O4S/c1-13(2)15(4)20-26(23,24)16-6-7-18(25-5)17(12-16)19(22)21-10-8-14(3)9-11-21/h6-7,12-15,20H,8-11H2,1-5H3/t15-/m0/s1. The lowest BCUT2D eigenvalue weighted by Gasteiger charge is -2.30. The molecule has 0 unspecified atom stereocenters. The monoisotopic (exact) mass is 382 g/mol. The van der Waals surface area contributed by atoms with Gasteiger partial charge in [-0.05, 0) is 49.8 Å². The Bertz CT molecular complexity index is 738. The van der Waals surface area contributed by atoms with Crippen LogP contribution in [0.5, 0.6) is 5.75 Å². The number of nitrogens with one attached hydrogen (secondary N) is 1. The summed E-state index contributed by atoms with van der Waals surface area (Å²) in [6, 6.07) is 4.25. The molecule has 1 N–H and O–H groups in total. The first-order valence-corrected chi connectivity index (χ1v) is 10.6. The van der Waals surface area contributed by atoms with Crippen molar-refractivity contribution in [3.63, 3.8) is 0 Å². The van der Waals surface area contributed by atoms with Gasteiger partial charge in [0.05, 0.1) is 17.6 Å². The molecule has 146 valence electrons. The number of methoxy groups -OCH3 is 1. The molecule has 0 bridgehead atoms. The van der Waals surface area contributed by atoms with Crippen LogP contribution < -0.4 is 9.46 Å². The van der Waals surface area contributed by atoms with Crippen molar-refractivity contribution < 1.29 is 17.9 Å². The Hall–Kier alpha value is -1.60. The third-order valence-corrected chi connectivity index (χ3v) is 6.68. The molecule has 1 aromatic rings. The summed E-state index contributed by atoms with van der Waals surface area (Å²) in [4.78, 5) is 14.8.